The molecule has 0 aromatic heterocycles. The van der Waals surface area contributed by atoms with Gasteiger partial charge in [0, 0.05) is 7.11 Å². The van der Waals surface area contributed by atoms with Gasteiger partial charge in [0.25, 0.3) is 0 Å². The van der Waals surface area contributed by atoms with Crippen molar-refractivity contribution in [1.82, 2.24) is 0 Å². The zero-order valence-electron chi connectivity index (χ0n) is 8.10. The number of hydrogen-bond donors (Lipinski definition) is 1. The van der Waals surface area contributed by atoms with Crippen molar-refractivity contribution in [2.75, 3.05) is 13.7 Å². The fraction of sp³-hybridized carbons (Fsp3) is 0.200. The molecule has 0 fully saturated rings. The molecule has 15 heavy (non-hydrogen) atoms. The van der Waals surface area contributed by atoms with Crippen LogP contribution in [0.25, 0.3) is 0 Å². The lowest BCUT2D eigenvalue weighted by atomic mass is 10.2. The van der Waals surface area contributed by atoms with E-state index in [1.807, 2.05) is 0 Å². The number of benzene rings is 1. The van der Waals surface area contributed by atoms with Crippen molar-refractivity contribution in [3.05, 3.63) is 29.8 Å². The van der Waals surface area contributed by atoms with Gasteiger partial charge in [0.2, 0.25) is 0 Å². The Hall–Kier alpha value is -1.88. The minimum absolute atomic E-state index is 0.138. The lowest BCUT2D eigenvalue weighted by Crippen LogP contribution is -2.14. The first-order chi connectivity index (χ1) is 7.13. The van der Waals surface area contributed by atoms with Crippen molar-refractivity contribution < 1.29 is 24.2 Å². The second-order valence-electron chi connectivity index (χ2n) is 2.74. The van der Waals surface area contributed by atoms with Crippen LogP contribution in [0.4, 0.5) is 0 Å². The smallest absolute Gasteiger partial charge is 0.337 e. The second-order valence-corrected chi connectivity index (χ2v) is 2.74. The first-order valence-electron chi connectivity index (χ1n) is 4.16. The number of aromatic carboxylic acids is 1. The highest BCUT2D eigenvalue weighted by molar-refractivity contribution is 5.87. The zero-order valence-corrected chi connectivity index (χ0v) is 8.10. The van der Waals surface area contributed by atoms with Gasteiger partial charge in [0.15, 0.2) is 0 Å². The topological polar surface area (TPSA) is 72.8 Å². The van der Waals surface area contributed by atoms with E-state index in [1.165, 1.54) is 31.4 Å². The molecule has 80 valence electrons. The van der Waals surface area contributed by atoms with E-state index in [-0.39, 0.29) is 12.2 Å². The van der Waals surface area contributed by atoms with E-state index in [1.54, 1.807) is 0 Å². The van der Waals surface area contributed by atoms with Crippen LogP contribution in [-0.4, -0.2) is 30.8 Å². The normalized spacial score (nSPS) is 9.67. The summed E-state index contributed by atoms with van der Waals surface area (Å²) in [4.78, 5) is 21.5. The van der Waals surface area contributed by atoms with Crippen LogP contribution >= 0.6 is 0 Å². The zero-order chi connectivity index (χ0) is 11.3. The van der Waals surface area contributed by atoms with Gasteiger partial charge in [-0.1, -0.05) is 0 Å². The number of carbonyl (C=O) groups is 2. The molecule has 0 amide bonds. The first-order valence-corrected chi connectivity index (χ1v) is 4.16. The Bertz CT molecular complexity index is 355. The van der Waals surface area contributed by atoms with Gasteiger partial charge in [-0.3, -0.25) is 0 Å². The van der Waals surface area contributed by atoms with Gasteiger partial charge in [-0.05, 0) is 24.3 Å². The van der Waals surface area contributed by atoms with Crippen molar-refractivity contribution >= 4 is 11.9 Å². The van der Waals surface area contributed by atoms with Gasteiger partial charge >= 0.3 is 11.9 Å². The van der Waals surface area contributed by atoms with E-state index in [4.69, 9.17) is 9.84 Å². The van der Waals surface area contributed by atoms with Crippen LogP contribution in [0, 0.1) is 0 Å². The van der Waals surface area contributed by atoms with Crippen LogP contribution in [0.5, 0.6) is 5.75 Å². The number of carboxylic acids is 1. The number of rotatable bonds is 4. The third-order valence-electron chi connectivity index (χ3n) is 1.60. The molecule has 0 aliphatic rings. The predicted octanol–water partition coefficient (Wildman–Crippen LogP) is 0.937. The molecule has 5 nitrogen and oxygen atoms in total. The van der Waals surface area contributed by atoms with Crippen molar-refractivity contribution in [1.29, 1.82) is 0 Å². The molecule has 0 spiro atoms. The summed E-state index contributed by atoms with van der Waals surface area (Å²) < 4.78 is 9.40. The largest absolute Gasteiger partial charge is 0.478 e. The molecular weight excluding hydrogens is 200 g/mol. The molecule has 0 aliphatic carbocycles. The summed E-state index contributed by atoms with van der Waals surface area (Å²) in [6, 6.07) is 5.55. The Labute approximate surface area is 86.2 Å². The van der Waals surface area contributed by atoms with Crippen molar-refractivity contribution in [3.8, 4) is 5.75 Å². The minimum atomic E-state index is -1.02. The molecule has 0 saturated carbocycles. The Morgan fingerprint density at radius 3 is 2.33 bits per heavy atom. The van der Waals surface area contributed by atoms with E-state index >= 15 is 0 Å². The fourth-order valence-corrected chi connectivity index (χ4v) is 0.944. The summed E-state index contributed by atoms with van der Waals surface area (Å²) in [6.45, 7) is -0.138. The van der Waals surface area contributed by atoms with E-state index < -0.39 is 11.9 Å². The molecule has 5 heteroatoms. The summed E-state index contributed by atoms with van der Waals surface area (Å²) in [5.74, 6) is -1.26. The first kappa shape index (κ1) is 11.2. The van der Waals surface area contributed by atoms with Crippen LogP contribution < -0.4 is 4.74 Å². The summed E-state index contributed by atoms with van der Waals surface area (Å²) in [5, 5.41) is 8.61. The minimum Gasteiger partial charge on any atom is -0.478 e. The van der Waals surface area contributed by atoms with E-state index in [0.29, 0.717) is 5.75 Å². The standard InChI is InChI=1S/C10H10O5/c1-14-6-9(11)15-8-4-2-7(3-5-8)10(12)13/h2-5H,6H2,1H3,(H,12,13). The molecule has 1 N–H and O–H groups in total. The van der Waals surface area contributed by atoms with Crippen molar-refractivity contribution in [3.63, 3.8) is 0 Å². The van der Waals surface area contributed by atoms with Gasteiger partial charge in [-0.15, -0.1) is 0 Å². The van der Waals surface area contributed by atoms with E-state index in [2.05, 4.69) is 4.74 Å². The maximum atomic E-state index is 11.0. The highest BCUT2D eigenvalue weighted by Crippen LogP contribution is 2.12. The number of carboxylic acid groups (broad SMARTS) is 1. The molecule has 0 unspecified atom stereocenters. The summed E-state index contributed by atoms with van der Waals surface area (Å²) in [6.07, 6.45) is 0. The van der Waals surface area contributed by atoms with Crippen LogP contribution in [-0.2, 0) is 9.53 Å². The van der Waals surface area contributed by atoms with Crippen molar-refractivity contribution in [2.24, 2.45) is 0 Å². The van der Waals surface area contributed by atoms with Gasteiger partial charge in [0.1, 0.15) is 12.4 Å². The molecule has 0 heterocycles. The van der Waals surface area contributed by atoms with Gasteiger partial charge in [-0.25, -0.2) is 9.59 Å². The predicted molar refractivity (Wildman–Crippen MR) is 50.9 cm³/mol. The van der Waals surface area contributed by atoms with Gasteiger partial charge in [-0.2, -0.15) is 0 Å². The number of esters is 1. The molecular formula is C10H10O5. The number of hydrogen-bond acceptors (Lipinski definition) is 4. The summed E-state index contributed by atoms with van der Waals surface area (Å²) in [7, 11) is 1.38. The molecule has 1 rings (SSSR count). The number of methoxy groups -OCH3 is 1. The van der Waals surface area contributed by atoms with Crippen LogP contribution in [0.2, 0.25) is 0 Å². The Morgan fingerprint density at radius 2 is 1.87 bits per heavy atom. The average molecular weight is 210 g/mol. The number of carbonyl (C=O) groups excluding carboxylic acids is 1. The summed E-state index contributed by atoms with van der Waals surface area (Å²) >= 11 is 0. The lowest BCUT2D eigenvalue weighted by Gasteiger charge is -2.03. The Balaban J connectivity index is 2.64. The Kier molecular flexibility index (Phi) is 3.82. The fourth-order valence-electron chi connectivity index (χ4n) is 0.944. The Morgan fingerprint density at radius 1 is 1.27 bits per heavy atom. The molecule has 0 atom stereocenters. The molecule has 0 radical (unpaired) electrons. The SMILES string of the molecule is COCC(=O)Oc1ccc(C(=O)O)cc1. The van der Waals surface area contributed by atoms with E-state index in [9.17, 15) is 9.59 Å². The maximum Gasteiger partial charge on any atom is 0.337 e. The quantitative estimate of drug-likeness (QED) is 0.591. The molecule has 0 bridgehead atoms. The van der Waals surface area contributed by atoms with Gasteiger partial charge in [0.05, 0.1) is 5.56 Å². The monoisotopic (exact) mass is 210 g/mol. The van der Waals surface area contributed by atoms with Crippen LogP contribution in [0.1, 0.15) is 10.4 Å². The number of ether oxygens (including phenoxy) is 2. The summed E-state index contributed by atoms with van der Waals surface area (Å²) in [5.41, 5.74) is 0.140. The molecule has 1 aromatic carbocycles. The maximum absolute atomic E-state index is 11.0. The van der Waals surface area contributed by atoms with Crippen LogP contribution in [0.3, 0.4) is 0 Å². The van der Waals surface area contributed by atoms with Crippen molar-refractivity contribution in [2.45, 2.75) is 0 Å². The third kappa shape index (κ3) is 3.40. The molecule has 0 aliphatic heterocycles. The lowest BCUT2D eigenvalue weighted by molar-refractivity contribution is -0.138. The average Bonchev–Trinajstić information content (AvgIpc) is 2.18. The molecule has 1 aromatic rings. The highest BCUT2D eigenvalue weighted by atomic mass is 16.6. The second kappa shape index (κ2) is 5.11. The molecule has 0 saturated heterocycles. The van der Waals surface area contributed by atoms with Crippen LogP contribution in [0.15, 0.2) is 24.3 Å². The third-order valence-corrected chi connectivity index (χ3v) is 1.60. The van der Waals surface area contributed by atoms with E-state index in [0.717, 1.165) is 0 Å². The highest BCUT2D eigenvalue weighted by Gasteiger charge is 2.05. The van der Waals surface area contributed by atoms with Gasteiger partial charge < -0.3 is 14.6 Å².